The lowest BCUT2D eigenvalue weighted by Crippen LogP contribution is -2.56. The van der Waals surface area contributed by atoms with Gasteiger partial charge in [0.1, 0.15) is 0 Å². The number of nitrogens with one attached hydrogen (secondary N) is 1. The SMILES string of the molecule is CCCNC(=O)N(C1CCOCC1)C1CCN(S(=O)(=O)c2ccccc2C)CC1. The van der Waals surface area contributed by atoms with Crippen molar-refractivity contribution < 1.29 is 17.9 Å². The van der Waals surface area contributed by atoms with E-state index in [1.807, 2.05) is 30.9 Å². The second kappa shape index (κ2) is 9.91. The predicted molar refractivity (Wildman–Crippen MR) is 112 cm³/mol. The molecule has 2 amide bonds. The summed E-state index contributed by atoms with van der Waals surface area (Å²) in [7, 11) is -3.51. The number of hydrogen-bond acceptors (Lipinski definition) is 4. The standard InChI is InChI=1S/C21H33N3O4S/c1-3-12-22-21(25)24(19-10-15-28-16-11-19)18-8-13-23(14-9-18)29(26,27)20-7-5-4-6-17(20)2/h4-7,18-19H,3,8-16H2,1-2H3,(H,22,25). The summed E-state index contributed by atoms with van der Waals surface area (Å²) in [5.41, 5.74) is 0.761. The van der Waals surface area contributed by atoms with Crippen molar-refractivity contribution in [3.05, 3.63) is 29.8 Å². The van der Waals surface area contributed by atoms with Crippen LogP contribution in [0.3, 0.4) is 0 Å². The molecule has 7 nitrogen and oxygen atoms in total. The smallest absolute Gasteiger partial charge is 0.317 e. The third-order valence-corrected chi connectivity index (χ3v) is 7.93. The number of aryl methyl sites for hydroxylation is 1. The van der Waals surface area contributed by atoms with Crippen LogP contribution in [0.1, 0.15) is 44.6 Å². The molecular formula is C21H33N3O4S. The molecule has 0 bridgehead atoms. The van der Waals surface area contributed by atoms with Gasteiger partial charge in [0.25, 0.3) is 0 Å². The first-order valence-electron chi connectivity index (χ1n) is 10.6. The molecule has 162 valence electrons. The molecule has 2 aliphatic rings. The first-order valence-corrected chi connectivity index (χ1v) is 12.1. The van der Waals surface area contributed by atoms with Gasteiger partial charge in [-0.05, 0) is 50.7 Å². The molecule has 0 aromatic heterocycles. The summed E-state index contributed by atoms with van der Waals surface area (Å²) >= 11 is 0. The lowest BCUT2D eigenvalue weighted by molar-refractivity contribution is 0.0255. The Kier molecular flexibility index (Phi) is 7.54. The van der Waals surface area contributed by atoms with Crippen LogP contribution >= 0.6 is 0 Å². The van der Waals surface area contributed by atoms with Crippen LogP contribution < -0.4 is 5.32 Å². The highest BCUT2D eigenvalue weighted by atomic mass is 32.2. The van der Waals surface area contributed by atoms with Crippen LogP contribution in [-0.4, -0.2) is 68.6 Å². The Bertz CT molecular complexity index is 785. The molecular weight excluding hydrogens is 390 g/mol. The zero-order chi connectivity index (χ0) is 20.9. The maximum Gasteiger partial charge on any atom is 0.317 e. The van der Waals surface area contributed by atoms with Crippen molar-refractivity contribution in [1.82, 2.24) is 14.5 Å². The topological polar surface area (TPSA) is 79.0 Å². The van der Waals surface area contributed by atoms with E-state index in [1.54, 1.807) is 16.4 Å². The van der Waals surface area contributed by atoms with E-state index in [1.165, 1.54) is 0 Å². The Hall–Kier alpha value is -1.64. The lowest BCUT2D eigenvalue weighted by Gasteiger charge is -2.43. The van der Waals surface area contributed by atoms with E-state index < -0.39 is 10.0 Å². The molecule has 1 N–H and O–H groups in total. The molecule has 29 heavy (non-hydrogen) atoms. The lowest BCUT2D eigenvalue weighted by atomic mass is 9.99. The quantitative estimate of drug-likeness (QED) is 0.763. The maximum atomic E-state index is 13.1. The Balaban J connectivity index is 1.70. The fraction of sp³-hybridized carbons (Fsp3) is 0.667. The molecule has 0 saturated carbocycles. The van der Waals surface area contributed by atoms with Crippen LogP contribution in [-0.2, 0) is 14.8 Å². The van der Waals surface area contributed by atoms with Crippen molar-refractivity contribution in [3.8, 4) is 0 Å². The van der Waals surface area contributed by atoms with Crippen molar-refractivity contribution in [2.75, 3.05) is 32.8 Å². The van der Waals surface area contributed by atoms with Gasteiger partial charge in [0.2, 0.25) is 10.0 Å². The second-order valence-corrected chi connectivity index (χ2v) is 9.79. The van der Waals surface area contributed by atoms with Crippen LogP contribution in [0.2, 0.25) is 0 Å². The first-order chi connectivity index (χ1) is 13.9. The highest BCUT2D eigenvalue weighted by molar-refractivity contribution is 7.89. The van der Waals surface area contributed by atoms with Crippen LogP contribution in [0.4, 0.5) is 4.79 Å². The van der Waals surface area contributed by atoms with E-state index in [9.17, 15) is 13.2 Å². The molecule has 2 heterocycles. The van der Waals surface area contributed by atoms with Gasteiger partial charge < -0.3 is 15.0 Å². The highest BCUT2D eigenvalue weighted by Gasteiger charge is 2.37. The van der Waals surface area contributed by atoms with E-state index in [0.717, 1.165) is 24.8 Å². The molecule has 0 spiro atoms. The average Bonchev–Trinajstić information content (AvgIpc) is 2.74. The monoisotopic (exact) mass is 423 g/mol. The van der Waals surface area contributed by atoms with Gasteiger partial charge in [-0.3, -0.25) is 0 Å². The molecule has 2 saturated heterocycles. The fourth-order valence-electron chi connectivity index (χ4n) is 4.26. The number of benzene rings is 1. The molecule has 1 aromatic carbocycles. The van der Waals surface area contributed by atoms with Gasteiger partial charge in [0.05, 0.1) is 4.90 Å². The van der Waals surface area contributed by atoms with Crippen LogP contribution in [0.25, 0.3) is 0 Å². The molecule has 0 unspecified atom stereocenters. The maximum absolute atomic E-state index is 13.1. The normalized spacial score (nSPS) is 19.8. The summed E-state index contributed by atoms with van der Waals surface area (Å²) in [6, 6.07) is 7.29. The van der Waals surface area contributed by atoms with E-state index >= 15 is 0 Å². The Morgan fingerprint density at radius 3 is 2.38 bits per heavy atom. The fourth-order valence-corrected chi connectivity index (χ4v) is 5.96. The van der Waals surface area contributed by atoms with Crippen LogP contribution in [0.15, 0.2) is 29.2 Å². The summed E-state index contributed by atoms with van der Waals surface area (Å²) in [4.78, 5) is 15.2. The summed E-state index contributed by atoms with van der Waals surface area (Å²) < 4.78 is 33.2. The highest BCUT2D eigenvalue weighted by Crippen LogP contribution is 2.28. The first kappa shape index (κ1) is 22.1. The van der Waals surface area contributed by atoms with Crippen molar-refractivity contribution in [3.63, 3.8) is 0 Å². The third kappa shape index (κ3) is 5.10. The van der Waals surface area contributed by atoms with Gasteiger partial charge in [-0.2, -0.15) is 4.31 Å². The summed E-state index contributed by atoms with van der Waals surface area (Å²) in [6.07, 6.45) is 3.87. The Morgan fingerprint density at radius 2 is 1.76 bits per heavy atom. The summed E-state index contributed by atoms with van der Waals surface area (Å²) in [5.74, 6) is 0. The van der Waals surface area contributed by atoms with E-state index in [4.69, 9.17) is 4.74 Å². The van der Waals surface area contributed by atoms with Gasteiger partial charge in [-0.1, -0.05) is 25.1 Å². The summed E-state index contributed by atoms with van der Waals surface area (Å²) in [6.45, 7) is 6.72. The Labute approximate surface area is 174 Å². The van der Waals surface area contributed by atoms with Gasteiger partial charge in [0.15, 0.2) is 0 Å². The van der Waals surface area contributed by atoms with E-state index in [-0.39, 0.29) is 18.1 Å². The Morgan fingerprint density at radius 1 is 1.14 bits per heavy atom. The van der Waals surface area contributed by atoms with Gasteiger partial charge in [0, 0.05) is 44.9 Å². The molecule has 2 aliphatic heterocycles. The molecule has 0 radical (unpaired) electrons. The summed E-state index contributed by atoms with van der Waals surface area (Å²) in [5, 5.41) is 3.02. The zero-order valence-corrected chi connectivity index (χ0v) is 18.3. The van der Waals surface area contributed by atoms with Crippen LogP contribution in [0.5, 0.6) is 0 Å². The number of nitrogens with zero attached hydrogens (tertiary/aromatic N) is 2. The second-order valence-electron chi connectivity index (χ2n) is 7.88. The number of carbonyl (C=O) groups excluding carboxylic acids is 1. The molecule has 8 heteroatoms. The van der Waals surface area contributed by atoms with Crippen molar-refractivity contribution in [1.29, 1.82) is 0 Å². The number of urea groups is 1. The number of amides is 2. The number of rotatable bonds is 6. The largest absolute Gasteiger partial charge is 0.381 e. The number of piperidine rings is 1. The van der Waals surface area contributed by atoms with E-state index in [2.05, 4.69) is 5.32 Å². The minimum atomic E-state index is -3.51. The third-order valence-electron chi connectivity index (χ3n) is 5.87. The van der Waals surface area contributed by atoms with Crippen molar-refractivity contribution >= 4 is 16.1 Å². The molecule has 0 aliphatic carbocycles. The number of sulfonamides is 1. The predicted octanol–water partition coefficient (Wildman–Crippen LogP) is 2.75. The minimum absolute atomic E-state index is 0.0287. The van der Waals surface area contributed by atoms with Gasteiger partial charge in [-0.15, -0.1) is 0 Å². The van der Waals surface area contributed by atoms with Crippen molar-refractivity contribution in [2.24, 2.45) is 0 Å². The van der Waals surface area contributed by atoms with Crippen molar-refractivity contribution in [2.45, 2.75) is 62.9 Å². The molecule has 1 aromatic rings. The average molecular weight is 424 g/mol. The number of hydrogen-bond donors (Lipinski definition) is 1. The number of carbonyl (C=O) groups is 1. The zero-order valence-electron chi connectivity index (χ0n) is 17.5. The number of ether oxygens (including phenoxy) is 1. The molecule has 0 atom stereocenters. The van der Waals surface area contributed by atoms with Gasteiger partial charge in [-0.25, -0.2) is 13.2 Å². The minimum Gasteiger partial charge on any atom is -0.381 e. The van der Waals surface area contributed by atoms with E-state index in [0.29, 0.717) is 50.6 Å². The van der Waals surface area contributed by atoms with Gasteiger partial charge >= 0.3 is 6.03 Å². The van der Waals surface area contributed by atoms with Crippen LogP contribution in [0, 0.1) is 6.92 Å². The molecule has 3 rings (SSSR count). The molecule has 2 fully saturated rings.